The number of anilines is 2. The van der Waals surface area contributed by atoms with Gasteiger partial charge in [0.15, 0.2) is 0 Å². The largest absolute Gasteiger partial charge is 0.368 e. The fourth-order valence-electron chi connectivity index (χ4n) is 1.73. The minimum absolute atomic E-state index is 0.0245. The lowest BCUT2D eigenvalue weighted by atomic mass is 9.92. The molecular weight excluding hydrogens is 262 g/mol. The summed E-state index contributed by atoms with van der Waals surface area (Å²) in [6.45, 7) is 4.20. The highest BCUT2D eigenvalue weighted by Crippen LogP contribution is 2.26. The van der Waals surface area contributed by atoms with Gasteiger partial charge in [0.2, 0.25) is 11.9 Å². The average molecular weight is 279 g/mol. The number of nitrogens with two attached hydrogens (primary N) is 1. The van der Waals surface area contributed by atoms with E-state index in [0.29, 0.717) is 12.4 Å². The van der Waals surface area contributed by atoms with Crippen LogP contribution in [0.15, 0.2) is 11.4 Å². The molecule has 102 valence electrons. The summed E-state index contributed by atoms with van der Waals surface area (Å²) in [7, 11) is 1.63. The Balaban J connectivity index is 2.22. The first-order valence-corrected chi connectivity index (χ1v) is 6.79. The quantitative estimate of drug-likeness (QED) is 0.788. The molecule has 0 aliphatic heterocycles. The predicted octanol–water partition coefficient (Wildman–Crippen LogP) is 1.46. The number of nitrogens with one attached hydrogen (secondary N) is 2. The van der Waals surface area contributed by atoms with Gasteiger partial charge in [-0.2, -0.15) is 4.98 Å². The number of nitrogen functional groups attached to an aromatic ring is 1. The van der Waals surface area contributed by atoms with Gasteiger partial charge in [-0.3, -0.25) is 4.79 Å². The monoisotopic (exact) mass is 279 g/mol. The van der Waals surface area contributed by atoms with Gasteiger partial charge in [0.25, 0.3) is 0 Å². The highest BCUT2D eigenvalue weighted by atomic mass is 32.1. The molecule has 19 heavy (non-hydrogen) atoms. The third-order valence-electron chi connectivity index (χ3n) is 2.88. The molecule has 0 radical (unpaired) electrons. The highest BCUT2D eigenvalue weighted by molar-refractivity contribution is 7.16. The molecular formula is C12H17N5OS. The van der Waals surface area contributed by atoms with Crippen LogP contribution in [-0.2, 0) is 4.79 Å². The van der Waals surface area contributed by atoms with E-state index in [1.165, 1.54) is 11.3 Å². The van der Waals surface area contributed by atoms with Crippen molar-refractivity contribution in [1.29, 1.82) is 0 Å². The maximum Gasteiger partial charge on any atom is 0.227 e. The lowest BCUT2D eigenvalue weighted by Gasteiger charge is -2.23. The molecule has 1 amide bonds. The van der Waals surface area contributed by atoms with Crippen molar-refractivity contribution in [3.63, 3.8) is 0 Å². The van der Waals surface area contributed by atoms with Crippen LogP contribution in [0.5, 0.6) is 0 Å². The molecule has 0 spiro atoms. The van der Waals surface area contributed by atoms with Crippen molar-refractivity contribution in [1.82, 2.24) is 15.3 Å². The number of thiophene rings is 1. The summed E-state index contributed by atoms with van der Waals surface area (Å²) >= 11 is 1.51. The van der Waals surface area contributed by atoms with Crippen LogP contribution in [0.4, 0.5) is 11.8 Å². The maximum absolute atomic E-state index is 11.7. The molecule has 2 heterocycles. The molecule has 0 atom stereocenters. The lowest BCUT2D eigenvalue weighted by Crippen LogP contribution is -2.39. The molecule has 2 aromatic heterocycles. The Kier molecular flexibility index (Phi) is 3.57. The summed E-state index contributed by atoms with van der Waals surface area (Å²) in [4.78, 5) is 20.9. The first-order valence-electron chi connectivity index (χ1n) is 5.91. The molecule has 0 unspecified atom stereocenters. The highest BCUT2D eigenvalue weighted by Gasteiger charge is 2.26. The number of aromatic nitrogens is 2. The number of fused-ring (bicyclic) bond motifs is 1. The Morgan fingerprint density at radius 2 is 2.21 bits per heavy atom. The van der Waals surface area contributed by atoms with E-state index in [4.69, 9.17) is 5.73 Å². The Bertz CT molecular complexity index is 607. The van der Waals surface area contributed by atoms with Gasteiger partial charge >= 0.3 is 0 Å². The van der Waals surface area contributed by atoms with Crippen molar-refractivity contribution in [3.8, 4) is 0 Å². The van der Waals surface area contributed by atoms with Gasteiger partial charge in [-0.25, -0.2) is 4.98 Å². The molecule has 0 saturated carbocycles. The predicted molar refractivity (Wildman–Crippen MR) is 78.2 cm³/mol. The van der Waals surface area contributed by atoms with Gasteiger partial charge in [-0.15, -0.1) is 11.3 Å². The maximum atomic E-state index is 11.7. The summed E-state index contributed by atoms with van der Waals surface area (Å²) in [6.07, 6.45) is 0. The van der Waals surface area contributed by atoms with E-state index in [-0.39, 0.29) is 11.9 Å². The fourth-order valence-corrected chi connectivity index (χ4v) is 2.50. The van der Waals surface area contributed by atoms with Crippen LogP contribution in [0.3, 0.4) is 0 Å². The van der Waals surface area contributed by atoms with Crippen LogP contribution < -0.4 is 16.4 Å². The standard InChI is InChI=1S/C12H17N5OS/c1-12(2,10(18)14-3)6-15-8-7-4-5-19-9(7)17-11(13)16-8/h4-5H,6H2,1-3H3,(H,14,18)(H3,13,15,16,17). The number of rotatable bonds is 4. The number of amides is 1. The van der Waals surface area contributed by atoms with Gasteiger partial charge in [0, 0.05) is 13.6 Å². The molecule has 2 rings (SSSR count). The van der Waals surface area contributed by atoms with Crippen molar-refractivity contribution >= 4 is 39.2 Å². The van der Waals surface area contributed by atoms with E-state index < -0.39 is 5.41 Å². The normalized spacial score (nSPS) is 11.5. The third-order valence-corrected chi connectivity index (χ3v) is 3.69. The number of nitrogens with zero attached hydrogens (tertiary/aromatic N) is 2. The number of carbonyl (C=O) groups is 1. The van der Waals surface area contributed by atoms with Crippen LogP contribution >= 0.6 is 11.3 Å². The summed E-state index contributed by atoms with van der Waals surface area (Å²) < 4.78 is 0. The Labute approximate surface area is 115 Å². The van der Waals surface area contributed by atoms with Crippen molar-refractivity contribution in [2.45, 2.75) is 13.8 Å². The zero-order valence-electron chi connectivity index (χ0n) is 11.2. The fraction of sp³-hybridized carbons (Fsp3) is 0.417. The molecule has 0 aromatic carbocycles. The van der Waals surface area contributed by atoms with Crippen molar-refractivity contribution < 1.29 is 4.79 Å². The molecule has 2 aromatic rings. The second-order valence-electron chi connectivity index (χ2n) is 4.89. The van der Waals surface area contributed by atoms with Crippen LogP contribution in [0.1, 0.15) is 13.8 Å². The lowest BCUT2D eigenvalue weighted by molar-refractivity contribution is -0.128. The molecule has 6 nitrogen and oxygen atoms in total. The van der Waals surface area contributed by atoms with Crippen LogP contribution in [0.2, 0.25) is 0 Å². The summed E-state index contributed by atoms with van der Waals surface area (Å²) in [6, 6.07) is 1.94. The molecule has 0 saturated heterocycles. The minimum Gasteiger partial charge on any atom is -0.368 e. The Morgan fingerprint density at radius 1 is 1.47 bits per heavy atom. The van der Waals surface area contributed by atoms with E-state index in [9.17, 15) is 4.79 Å². The van der Waals surface area contributed by atoms with Gasteiger partial charge in [0.1, 0.15) is 10.6 Å². The summed E-state index contributed by atoms with van der Waals surface area (Å²) in [5.41, 5.74) is 5.14. The molecule has 0 aliphatic rings. The van der Waals surface area contributed by atoms with Gasteiger partial charge in [0.05, 0.1) is 10.8 Å². The minimum atomic E-state index is -0.531. The number of carbonyl (C=O) groups excluding carboxylic acids is 1. The molecule has 7 heteroatoms. The van der Waals surface area contributed by atoms with Crippen molar-refractivity contribution in [2.75, 3.05) is 24.6 Å². The number of hydrogen-bond acceptors (Lipinski definition) is 6. The summed E-state index contributed by atoms with van der Waals surface area (Å²) in [5, 5.41) is 8.70. The van der Waals surface area contributed by atoms with Crippen molar-refractivity contribution in [2.24, 2.45) is 5.41 Å². The zero-order chi connectivity index (χ0) is 14.0. The second kappa shape index (κ2) is 5.00. The molecule has 0 fully saturated rings. The van der Waals surface area contributed by atoms with E-state index in [1.807, 2.05) is 25.3 Å². The van der Waals surface area contributed by atoms with Crippen molar-refractivity contribution in [3.05, 3.63) is 11.4 Å². The van der Waals surface area contributed by atoms with E-state index in [2.05, 4.69) is 20.6 Å². The average Bonchev–Trinajstić information content (AvgIpc) is 2.82. The SMILES string of the molecule is CNC(=O)C(C)(C)CNc1nc(N)nc2sccc12. The number of hydrogen-bond donors (Lipinski definition) is 3. The van der Waals surface area contributed by atoms with Crippen LogP contribution in [-0.4, -0.2) is 29.5 Å². The molecule has 4 N–H and O–H groups in total. The smallest absolute Gasteiger partial charge is 0.227 e. The van der Waals surface area contributed by atoms with E-state index in [0.717, 1.165) is 10.2 Å². The zero-order valence-corrected chi connectivity index (χ0v) is 12.0. The van der Waals surface area contributed by atoms with Crippen LogP contribution in [0, 0.1) is 5.41 Å². The first-order chi connectivity index (χ1) is 8.94. The van der Waals surface area contributed by atoms with Crippen LogP contribution in [0.25, 0.3) is 10.2 Å². The topological polar surface area (TPSA) is 92.9 Å². The second-order valence-corrected chi connectivity index (χ2v) is 5.78. The molecule has 0 bridgehead atoms. The van der Waals surface area contributed by atoms with E-state index in [1.54, 1.807) is 7.05 Å². The van der Waals surface area contributed by atoms with E-state index >= 15 is 0 Å². The summed E-state index contributed by atoms with van der Waals surface area (Å²) in [5.74, 6) is 0.875. The Hall–Kier alpha value is -1.89. The van der Waals surface area contributed by atoms with Gasteiger partial charge in [-0.1, -0.05) is 0 Å². The van der Waals surface area contributed by atoms with Gasteiger partial charge in [-0.05, 0) is 25.3 Å². The van der Waals surface area contributed by atoms with Gasteiger partial charge < -0.3 is 16.4 Å². The first kappa shape index (κ1) is 13.5. The molecule has 0 aliphatic carbocycles. The Morgan fingerprint density at radius 3 is 2.89 bits per heavy atom. The third kappa shape index (κ3) is 2.76.